The van der Waals surface area contributed by atoms with Crippen LogP contribution in [0.15, 0.2) is 5.16 Å². The fraction of sp³-hybridized carbons (Fsp3) is 0.769. The summed E-state index contributed by atoms with van der Waals surface area (Å²) < 4.78 is 14.8. The molecule has 0 bridgehead atoms. The zero-order valence-electron chi connectivity index (χ0n) is 13.0. The third-order valence-corrected chi connectivity index (χ3v) is 2.61. The quantitative estimate of drug-likeness (QED) is 0.756. The molecule has 0 spiro atoms. The lowest BCUT2D eigenvalue weighted by atomic mass is 9.98. The van der Waals surface area contributed by atoms with Crippen LogP contribution in [0.2, 0.25) is 0 Å². The van der Waals surface area contributed by atoms with Gasteiger partial charge in [-0.2, -0.15) is 0 Å². The average Bonchev–Trinajstić information content (AvgIpc) is 2.78. The summed E-state index contributed by atoms with van der Waals surface area (Å²) in [5.74, 6) is -0.569. The van der Waals surface area contributed by atoms with Gasteiger partial charge in [-0.05, 0) is 20.8 Å². The molecule has 1 unspecified atom stereocenters. The first-order valence-electron chi connectivity index (χ1n) is 6.50. The minimum absolute atomic E-state index is 0.0130. The maximum atomic E-state index is 11.8. The highest BCUT2D eigenvalue weighted by Gasteiger charge is 2.48. The summed E-state index contributed by atoms with van der Waals surface area (Å²) in [6.45, 7) is 5.44. The van der Waals surface area contributed by atoms with Crippen molar-refractivity contribution in [3.05, 3.63) is 0 Å². The highest BCUT2D eigenvalue weighted by Crippen LogP contribution is 2.25. The van der Waals surface area contributed by atoms with Crippen LogP contribution in [0.5, 0.6) is 0 Å². The molecular weight excluding hydrogens is 280 g/mol. The summed E-state index contributed by atoms with van der Waals surface area (Å²) in [5, 5.41) is 6.36. The number of hydrogen-bond donors (Lipinski definition) is 1. The van der Waals surface area contributed by atoms with Gasteiger partial charge in [-0.25, -0.2) is 9.59 Å². The Hall–Kier alpha value is -1.83. The van der Waals surface area contributed by atoms with Crippen LogP contribution in [-0.2, 0) is 23.8 Å². The van der Waals surface area contributed by atoms with Gasteiger partial charge in [0.05, 0.1) is 19.4 Å². The fourth-order valence-corrected chi connectivity index (χ4v) is 1.79. The van der Waals surface area contributed by atoms with E-state index in [-0.39, 0.29) is 19.6 Å². The van der Waals surface area contributed by atoms with E-state index < -0.39 is 23.3 Å². The number of methoxy groups -OCH3 is 2. The van der Waals surface area contributed by atoms with Crippen molar-refractivity contribution in [3.63, 3.8) is 0 Å². The van der Waals surface area contributed by atoms with E-state index in [9.17, 15) is 9.59 Å². The standard InChI is InChI=1S/C13H22N2O6/c1-12(2,3)20-11(17)14-7-9-6-13(8-18-4,21-15-9)10(16)19-5/h6-8H2,1-5H3,(H,14,17). The Morgan fingerprint density at radius 3 is 2.57 bits per heavy atom. The first-order chi connectivity index (χ1) is 9.72. The van der Waals surface area contributed by atoms with Gasteiger partial charge in [0.2, 0.25) is 0 Å². The van der Waals surface area contributed by atoms with Crippen LogP contribution in [0.3, 0.4) is 0 Å². The molecule has 0 fully saturated rings. The summed E-state index contributed by atoms with van der Waals surface area (Å²) in [7, 11) is 2.71. The average molecular weight is 302 g/mol. The summed E-state index contributed by atoms with van der Waals surface area (Å²) in [6, 6.07) is 0. The lowest BCUT2D eigenvalue weighted by Gasteiger charge is -2.22. The molecule has 1 heterocycles. The third-order valence-electron chi connectivity index (χ3n) is 2.61. The Morgan fingerprint density at radius 1 is 1.38 bits per heavy atom. The normalized spacial score (nSPS) is 21.3. The monoisotopic (exact) mass is 302 g/mol. The van der Waals surface area contributed by atoms with Gasteiger partial charge in [0.25, 0.3) is 5.60 Å². The second kappa shape index (κ2) is 6.75. The van der Waals surface area contributed by atoms with Crippen molar-refractivity contribution in [1.82, 2.24) is 5.32 Å². The van der Waals surface area contributed by atoms with Crippen molar-refractivity contribution >= 4 is 17.8 Å². The topological polar surface area (TPSA) is 95.5 Å². The van der Waals surface area contributed by atoms with Crippen LogP contribution < -0.4 is 5.32 Å². The van der Waals surface area contributed by atoms with Crippen LogP contribution in [0, 0.1) is 0 Å². The Balaban J connectivity index is 2.53. The molecule has 8 heteroatoms. The smallest absolute Gasteiger partial charge is 0.407 e. The predicted molar refractivity (Wildman–Crippen MR) is 74.0 cm³/mol. The van der Waals surface area contributed by atoms with Crippen LogP contribution in [0.4, 0.5) is 4.79 Å². The number of rotatable bonds is 5. The van der Waals surface area contributed by atoms with Crippen molar-refractivity contribution in [1.29, 1.82) is 0 Å². The van der Waals surface area contributed by atoms with Gasteiger partial charge in [-0.1, -0.05) is 5.16 Å². The van der Waals surface area contributed by atoms with E-state index in [2.05, 4.69) is 10.5 Å². The molecule has 0 saturated carbocycles. The number of oxime groups is 1. The van der Waals surface area contributed by atoms with Crippen LogP contribution in [0.25, 0.3) is 0 Å². The van der Waals surface area contributed by atoms with Crippen molar-refractivity contribution in [2.45, 2.75) is 38.4 Å². The third kappa shape index (κ3) is 4.89. The molecule has 1 amide bonds. The number of nitrogens with zero attached hydrogens (tertiary/aromatic N) is 1. The summed E-state index contributed by atoms with van der Waals surface area (Å²) in [4.78, 5) is 28.5. The van der Waals surface area contributed by atoms with Gasteiger partial charge in [-0.15, -0.1) is 0 Å². The molecule has 0 radical (unpaired) electrons. The second-order valence-corrected chi connectivity index (χ2v) is 5.70. The molecule has 1 aliphatic heterocycles. The summed E-state index contributed by atoms with van der Waals surface area (Å²) in [5.41, 5.74) is -1.36. The van der Waals surface area contributed by atoms with Crippen molar-refractivity contribution in [2.75, 3.05) is 27.4 Å². The predicted octanol–water partition coefficient (Wildman–Crippen LogP) is 0.846. The Labute approximate surface area is 123 Å². The van der Waals surface area contributed by atoms with E-state index >= 15 is 0 Å². The molecule has 1 atom stereocenters. The van der Waals surface area contributed by atoms with Crippen LogP contribution >= 0.6 is 0 Å². The van der Waals surface area contributed by atoms with E-state index in [0.29, 0.717) is 5.71 Å². The number of carbonyl (C=O) groups excluding carboxylic acids is 2. The maximum absolute atomic E-state index is 11.8. The minimum Gasteiger partial charge on any atom is -0.466 e. The number of alkyl carbamates (subject to hydrolysis) is 1. The molecule has 1 aliphatic rings. The molecule has 1 N–H and O–H groups in total. The maximum Gasteiger partial charge on any atom is 0.407 e. The van der Waals surface area contributed by atoms with E-state index in [1.165, 1.54) is 14.2 Å². The van der Waals surface area contributed by atoms with E-state index in [4.69, 9.17) is 19.0 Å². The number of hydrogen-bond acceptors (Lipinski definition) is 7. The second-order valence-electron chi connectivity index (χ2n) is 5.70. The molecule has 0 aromatic rings. The Kier molecular flexibility index (Phi) is 5.54. The molecule has 0 aromatic heterocycles. The number of ether oxygens (including phenoxy) is 3. The molecule has 1 rings (SSSR count). The molecule has 8 nitrogen and oxygen atoms in total. The van der Waals surface area contributed by atoms with E-state index in [1.54, 1.807) is 20.8 Å². The zero-order chi connectivity index (χ0) is 16.1. The molecular formula is C13H22N2O6. The highest BCUT2D eigenvalue weighted by molar-refractivity contribution is 5.96. The van der Waals surface area contributed by atoms with Gasteiger partial charge in [0.1, 0.15) is 12.2 Å². The van der Waals surface area contributed by atoms with Gasteiger partial charge in [-0.3, -0.25) is 0 Å². The fourth-order valence-electron chi connectivity index (χ4n) is 1.79. The lowest BCUT2D eigenvalue weighted by molar-refractivity contribution is -0.172. The highest BCUT2D eigenvalue weighted by atomic mass is 16.7. The Morgan fingerprint density at radius 2 is 2.05 bits per heavy atom. The molecule has 0 aromatic carbocycles. The summed E-state index contributed by atoms with van der Waals surface area (Å²) >= 11 is 0. The van der Waals surface area contributed by atoms with Gasteiger partial charge < -0.3 is 24.4 Å². The SMILES string of the molecule is COCC1(C(=O)OC)CC(CNC(=O)OC(C)(C)C)=NO1. The number of nitrogens with one attached hydrogen (secondary N) is 1. The van der Waals surface area contributed by atoms with Gasteiger partial charge in [0.15, 0.2) is 0 Å². The number of amides is 1. The lowest BCUT2D eigenvalue weighted by Crippen LogP contribution is -2.45. The number of esters is 1. The van der Waals surface area contributed by atoms with E-state index in [1.807, 2.05) is 0 Å². The van der Waals surface area contributed by atoms with Crippen LogP contribution in [-0.4, -0.2) is 56.3 Å². The van der Waals surface area contributed by atoms with Crippen LogP contribution in [0.1, 0.15) is 27.2 Å². The van der Waals surface area contributed by atoms with Crippen molar-refractivity contribution in [2.24, 2.45) is 5.16 Å². The number of carbonyl (C=O) groups is 2. The van der Waals surface area contributed by atoms with Gasteiger partial charge >= 0.3 is 12.1 Å². The van der Waals surface area contributed by atoms with Crippen molar-refractivity contribution < 1.29 is 28.6 Å². The minimum atomic E-state index is -1.28. The van der Waals surface area contributed by atoms with Gasteiger partial charge in [0, 0.05) is 13.5 Å². The first-order valence-corrected chi connectivity index (χ1v) is 6.50. The Bertz CT molecular complexity index is 429. The first kappa shape index (κ1) is 17.2. The molecule has 120 valence electrons. The zero-order valence-corrected chi connectivity index (χ0v) is 13.0. The molecule has 0 saturated heterocycles. The largest absolute Gasteiger partial charge is 0.466 e. The molecule has 21 heavy (non-hydrogen) atoms. The summed E-state index contributed by atoms with van der Waals surface area (Å²) in [6.07, 6.45) is -0.379. The van der Waals surface area contributed by atoms with E-state index in [0.717, 1.165) is 0 Å². The molecule has 0 aliphatic carbocycles. The van der Waals surface area contributed by atoms with Crippen molar-refractivity contribution in [3.8, 4) is 0 Å².